The van der Waals surface area contributed by atoms with E-state index in [1.807, 2.05) is 13.8 Å². The van der Waals surface area contributed by atoms with Crippen molar-refractivity contribution >= 4 is 33.2 Å². The number of hydrogen-bond donors (Lipinski definition) is 1. The smallest absolute Gasteiger partial charge is 0.244 e. The molecule has 22 heavy (non-hydrogen) atoms. The van der Waals surface area contributed by atoms with E-state index in [0.29, 0.717) is 31.2 Å². The maximum Gasteiger partial charge on any atom is 0.244 e. The monoisotopic (exact) mass is 365 g/mol. The number of sulfonamides is 1. The SMILES string of the molecule is CC(C)(N)CN1CCN(S(=O)(=O)c2cc(Cl)ccc2Cl)CC1. The minimum Gasteiger partial charge on any atom is -0.324 e. The second kappa shape index (κ2) is 6.63. The molecule has 0 saturated carbocycles. The van der Waals surface area contributed by atoms with Gasteiger partial charge < -0.3 is 5.73 Å². The zero-order valence-corrected chi connectivity index (χ0v) is 15.0. The van der Waals surface area contributed by atoms with Gasteiger partial charge in [0, 0.05) is 43.3 Å². The summed E-state index contributed by atoms with van der Waals surface area (Å²) in [5.41, 5.74) is 5.71. The maximum atomic E-state index is 12.7. The average Bonchev–Trinajstić information content (AvgIpc) is 2.40. The van der Waals surface area contributed by atoms with Crippen molar-refractivity contribution in [3.63, 3.8) is 0 Å². The van der Waals surface area contributed by atoms with E-state index in [1.165, 1.54) is 16.4 Å². The van der Waals surface area contributed by atoms with Gasteiger partial charge in [-0.1, -0.05) is 23.2 Å². The summed E-state index contributed by atoms with van der Waals surface area (Å²) in [5, 5.41) is 0.543. The van der Waals surface area contributed by atoms with Gasteiger partial charge in [-0.15, -0.1) is 0 Å². The van der Waals surface area contributed by atoms with Crippen molar-refractivity contribution < 1.29 is 8.42 Å². The molecule has 1 fully saturated rings. The number of rotatable bonds is 4. The molecule has 8 heteroatoms. The lowest BCUT2D eigenvalue weighted by Crippen LogP contribution is -2.54. The first kappa shape index (κ1) is 18.0. The molecule has 1 aromatic carbocycles. The van der Waals surface area contributed by atoms with Crippen molar-refractivity contribution in [1.82, 2.24) is 9.21 Å². The van der Waals surface area contributed by atoms with Gasteiger partial charge in [0.15, 0.2) is 0 Å². The second-order valence-electron chi connectivity index (χ2n) is 6.24. The van der Waals surface area contributed by atoms with Crippen LogP contribution in [-0.2, 0) is 10.0 Å². The van der Waals surface area contributed by atoms with E-state index < -0.39 is 10.0 Å². The third-order valence-electron chi connectivity index (χ3n) is 3.47. The molecule has 0 spiro atoms. The van der Waals surface area contributed by atoms with E-state index in [0.717, 1.165) is 6.54 Å². The number of piperazine rings is 1. The summed E-state index contributed by atoms with van der Waals surface area (Å²) in [6.45, 7) is 6.79. The molecule has 0 atom stereocenters. The van der Waals surface area contributed by atoms with Crippen molar-refractivity contribution in [2.45, 2.75) is 24.3 Å². The van der Waals surface area contributed by atoms with Crippen LogP contribution in [0.15, 0.2) is 23.1 Å². The Labute approximate surface area is 142 Å². The minimum atomic E-state index is -3.62. The molecule has 1 aromatic rings. The molecule has 0 aromatic heterocycles. The minimum absolute atomic E-state index is 0.0641. The molecule has 0 aliphatic carbocycles. The van der Waals surface area contributed by atoms with Crippen molar-refractivity contribution in [1.29, 1.82) is 0 Å². The number of benzene rings is 1. The van der Waals surface area contributed by atoms with Gasteiger partial charge in [-0.25, -0.2) is 8.42 Å². The maximum absolute atomic E-state index is 12.7. The molecule has 1 aliphatic rings. The topological polar surface area (TPSA) is 66.6 Å². The summed E-state index contributed by atoms with van der Waals surface area (Å²) in [7, 11) is -3.62. The molecular formula is C14H21Cl2N3O2S. The van der Waals surface area contributed by atoms with E-state index in [2.05, 4.69) is 4.90 Å². The first-order chi connectivity index (χ1) is 10.1. The quantitative estimate of drug-likeness (QED) is 0.886. The molecule has 0 amide bonds. The first-order valence-corrected chi connectivity index (χ1v) is 9.26. The molecule has 124 valence electrons. The number of nitrogens with zero attached hydrogens (tertiary/aromatic N) is 2. The molecule has 0 radical (unpaired) electrons. The van der Waals surface area contributed by atoms with Crippen molar-refractivity contribution in [2.24, 2.45) is 5.73 Å². The summed E-state index contributed by atoms with van der Waals surface area (Å²) >= 11 is 11.9. The Bertz CT molecular complexity index is 636. The Kier molecular flexibility index (Phi) is 5.42. The number of hydrogen-bond acceptors (Lipinski definition) is 4. The zero-order valence-electron chi connectivity index (χ0n) is 12.7. The third kappa shape index (κ3) is 4.34. The Morgan fingerprint density at radius 3 is 2.32 bits per heavy atom. The summed E-state index contributed by atoms with van der Waals surface area (Å²) in [4.78, 5) is 2.24. The van der Waals surface area contributed by atoms with Crippen LogP contribution in [0.2, 0.25) is 10.0 Å². The van der Waals surface area contributed by atoms with Crippen LogP contribution >= 0.6 is 23.2 Å². The highest BCUT2D eigenvalue weighted by atomic mass is 35.5. The summed E-state index contributed by atoms with van der Waals surface area (Å²) < 4.78 is 26.8. The second-order valence-corrected chi connectivity index (χ2v) is 8.99. The fourth-order valence-corrected chi connectivity index (χ4v) is 4.68. The van der Waals surface area contributed by atoms with Gasteiger partial charge in [-0.3, -0.25) is 4.90 Å². The van der Waals surface area contributed by atoms with E-state index in [1.54, 1.807) is 6.07 Å². The lowest BCUT2D eigenvalue weighted by Gasteiger charge is -2.37. The standard InChI is InChI=1S/C14H21Cl2N3O2S/c1-14(2,17)10-18-5-7-19(8-6-18)22(20,21)13-9-11(15)3-4-12(13)16/h3-4,9H,5-8,10,17H2,1-2H3. The molecule has 0 bridgehead atoms. The van der Waals surface area contributed by atoms with Crippen LogP contribution < -0.4 is 5.73 Å². The fourth-order valence-electron chi connectivity index (χ4n) is 2.52. The predicted molar refractivity (Wildman–Crippen MR) is 89.9 cm³/mol. The van der Waals surface area contributed by atoms with Gasteiger partial charge in [0.05, 0.1) is 5.02 Å². The van der Waals surface area contributed by atoms with Crippen molar-refractivity contribution in [3.05, 3.63) is 28.2 Å². The van der Waals surface area contributed by atoms with Crippen LogP contribution in [-0.4, -0.2) is 55.9 Å². The van der Waals surface area contributed by atoms with Gasteiger partial charge in [-0.2, -0.15) is 4.31 Å². The highest BCUT2D eigenvalue weighted by Crippen LogP contribution is 2.28. The van der Waals surface area contributed by atoms with Crippen LogP contribution in [0.25, 0.3) is 0 Å². The third-order valence-corrected chi connectivity index (χ3v) is 6.09. The predicted octanol–water partition coefficient (Wildman–Crippen LogP) is 2.04. The molecule has 2 rings (SSSR count). The van der Waals surface area contributed by atoms with Gasteiger partial charge in [0.25, 0.3) is 0 Å². The van der Waals surface area contributed by atoms with Gasteiger partial charge in [0.1, 0.15) is 4.90 Å². The summed E-state index contributed by atoms with van der Waals surface area (Å²) in [6, 6.07) is 4.47. The van der Waals surface area contributed by atoms with Crippen LogP contribution in [0.1, 0.15) is 13.8 Å². The molecule has 1 saturated heterocycles. The Morgan fingerprint density at radius 2 is 1.77 bits per heavy atom. The van der Waals surface area contributed by atoms with Gasteiger partial charge in [0.2, 0.25) is 10.0 Å². The van der Waals surface area contributed by atoms with Crippen LogP contribution in [0.4, 0.5) is 0 Å². The number of halogens is 2. The van der Waals surface area contributed by atoms with E-state index in [4.69, 9.17) is 28.9 Å². The zero-order chi connectivity index (χ0) is 16.5. The van der Waals surface area contributed by atoms with Crippen LogP contribution in [0, 0.1) is 0 Å². The average molecular weight is 366 g/mol. The number of nitrogens with two attached hydrogens (primary N) is 1. The van der Waals surface area contributed by atoms with E-state index >= 15 is 0 Å². The molecule has 1 heterocycles. The van der Waals surface area contributed by atoms with E-state index in [-0.39, 0.29) is 15.5 Å². The molecule has 5 nitrogen and oxygen atoms in total. The summed E-state index contributed by atoms with van der Waals surface area (Å²) in [6.07, 6.45) is 0. The lowest BCUT2D eigenvalue weighted by atomic mass is 10.1. The molecular weight excluding hydrogens is 345 g/mol. The Balaban J connectivity index is 2.11. The van der Waals surface area contributed by atoms with Crippen LogP contribution in [0.5, 0.6) is 0 Å². The molecule has 1 aliphatic heterocycles. The lowest BCUT2D eigenvalue weighted by molar-refractivity contribution is 0.162. The van der Waals surface area contributed by atoms with Gasteiger partial charge >= 0.3 is 0 Å². The highest BCUT2D eigenvalue weighted by molar-refractivity contribution is 7.89. The fraction of sp³-hybridized carbons (Fsp3) is 0.571. The largest absolute Gasteiger partial charge is 0.324 e. The van der Waals surface area contributed by atoms with E-state index in [9.17, 15) is 8.42 Å². The Morgan fingerprint density at radius 1 is 1.18 bits per heavy atom. The van der Waals surface area contributed by atoms with Crippen LogP contribution in [0.3, 0.4) is 0 Å². The first-order valence-electron chi connectivity index (χ1n) is 7.06. The highest BCUT2D eigenvalue weighted by Gasteiger charge is 2.31. The normalized spacial score (nSPS) is 18.6. The Hall–Kier alpha value is -0.370. The molecule has 0 unspecified atom stereocenters. The van der Waals surface area contributed by atoms with Gasteiger partial charge in [-0.05, 0) is 32.0 Å². The molecule has 2 N–H and O–H groups in total. The van der Waals surface area contributed by atoms with Crippen molar-refractivity contribution in [3.8, 4) is 0 Å². The summed E-state index contributed by atoms with van der Waals surface area (Å²) in [5.74, 6) is 0. The van der Waals surface area contributed by atoms with Crippen molar-refractivity contribution in [2.75, 3.05) is 32.7 Å².